The van der Waals surface area contributed by atoms with Crippen molar-refractivity contribution >= 4 is 5.91 Å². The molecule has 1 aromatic rings. The van der Waals surface area contributed by atoms with Crippen LogP contribution in [0.1, 0.15) is 55.8 Å². The third kappa shape index (κ3) is 5.91. The molecule has 1 aromatic carbocycles. The molecule has 134 valence electrons. The monoisotopic (exact) mass is 332 g/mol. The van der Waals surface area contributed by atoms with Crippen molar-refractivity contribution in [3.8, 4) is 0 Å². The number of rotatable bonds is 9. The van der Waals surface area contributed by atoms with Crippen LogP contribution in [0.15, 0.2) is 30.3 Å². The summed E-state index contributed by atoms with van der Waals surface area (Å²) in [5.74, 6) is 0.0296. The lowest BCUT2D eigenvalue weighted by Gasteiger charge is -2.37. The zero-order chi connectivity index (χ0) is 17.2. The summed E-state index contributed by atoms with van der Waals surface area (Å²) in [6.07, 6.45) is 6.88. The topological polar surface area (TPSA) is 41.6 Å². The first-order chi connectivity index (χ1) is 11.7. The zero-order valence-corrected chi connectivity index (χ0v) is 15.2. The predicted octanol–water partition coefficient (Wildman–Crippen LogP) is 3.48. The van der Waals surface area contributed by atoms with Crippen molar-refractivity contribution in [2.75, 3.05) is 26.8 Å². The molecule has 1 aliphatic heterocycles. The smallest absolute Gasteiger partial charge is 0.251 e. The maximum atomic E-state index is 12.0. The molecule has 1 aliphatic rings. The number of carbonyl (C=O) groups is 1. The Morgan fingerprint density at radius 3 is 2.62 bits per heavy atom. The number of amides is 1. The molecular weight excluding hydrogens is 300 g/mol. The Kier molecular flexibility index (Phi) is 8.26. The van der Waals surface area contributed by atoms with Gasteiger partial charge in [-0.05, 0) is 51.3 Å². The number of nitrogens with zero attached hydrogens (tertiary/aromatic N) is 1. The molecule has 4 nitrogen and oxygen atoms in total. The standard InChI is InChI=1S/C20H32N2O2/c1-3-18(22(2)19-12-15-24-16-13-19)11-7-8-14-21-20(23)17-9-5-4-6-10-17/h4-6,9-10,18-19H,3,7-8,11-16H2,1-2H3,(H,21,23)/t18-/m0/s1. The Hall–Kier alpha value is -1.39. The summed E-state index contributed by atoms with van der Waals surface area (Å²) < 4.78 is 5.47. The molecule has 0 radical (unpaired) electrons. The van der Waals surface area contributed by atoms with Crippen LogP contribution in [0, 0.1) is 0 Å². The highest BCUT2D eigenvalue weighted by molar-refractivity contribution is 5.94. The van der Waals surface area contributed by atoms with Crippen LogP contribution in [0.3, 0.4) is 0 Å². The van der Waals surface area contributed by atoms with Crippen molar-refractivity contribution in [1.29, 1.82) is 0 Å². The predicted molar refractivity (Wildman–Crippen MR) is 98.3 cm³/mol. The highest BCUT2D eigenvalue weighted by atomic mass is 16.5. The van der Waals surface area contributed by atoms with Gasteiger partial charge < -0.3 is 15.0 Å². The maximum absolute atomic E-state index is 12.0. The van der Waals surface area contributed by atoms with Crippen molar-refractivity contribution in [3.63, 3.8) is 0 Å². The molecule has 0 spiro atoms. The summed E-state index contributed by atoms with van der Waals surface area (Å²) in [7, 11) is 2.27. The molecule has 1 saturated heterocycles. The fraction of sp³-hybridized carbons (Fsp3) is 0.650. The van der Waals surface area contributed by atoms with E-state index in [2.05, 4.69) is 24.2 Å². The van der Waals surface area contributed by atoms with Crippen molar-refractivity contribution in [2.24, 2.45) is 0 Å². The van der Waals surface area contributed by atoms with Crippen LogP contribution >= 0.6 is 0 Å². The highest BCUT2D eigenvalue weighted by Crippen LogP contribution is 2.20. The van der Waals surface area contributed by atoms with E-state index in [0.29, 0.717) is 12.1 Å². The SMILES string of the molecule is CC[C@@H](CCCCNC(=O)c1ccccc1)N(C)C1CCOCC1. The average Bonchev–Trinajstić information content (AvgIpc) is 2.65. The number of unbranched alkanes of at least 4 members (excludes halogenated alkanes) is 1. The minimum atomic E-state index is 0.0296. The van der Waals surface area contributed by atoms with Crippen LogP contribution in [0.5, 0.6) is 0 Å². The van der Waals surface area contributed by atoms with Gasteiger partial charge in [-0.25, -0.2) is 0 Å². The Morgan fingerprint density at radius 1 is 1.25 bits per heavy atom. The lowest BCUT2D eigenvalue weighted by atomic mass is 10.0. The Labute approximate surface area is 146 Å². The number of nitrogens with one attached hydrogen (secondary N) is 1. The lowest BCUT2D eigenvalue weighted by molar-refractivity contribution is 0.0260. The number of benzene rings is 1. The molecule has 2 rings (SSSR count). The number of carbonyl (C=O) groups excluding carboxylic acids is 1. The molecule has 1 amide bonds. The first-order valence-electron chi connectivity index (χ1n) is 9.35. The second-order valence-electron chi connectivity index (χ2n) is 6.69. The van der Waals surface area contributed by atoms with Crippen molar-refractivity contribution in [3.05, 3.63) is 35.9 Å². The summed E-state index contributed by atoms with van der Waals surface area (Å²) >= 11 is 0. The normalized spacial score (nSPS) is 17.0. The summed E-state index contributed by atoms with van der Waals surface area (Å²) in [5.41, 5.74) is 0.739. The van der Waals surface area contributed by atoms with Gasteiger partial charge in [0.25, 0.3) is 5.91 Å². The molecule has 1 heterocycles. The molecule has 0 aromatic heterocycles. The number of ether oxygens (including phenoxy) is 1. The second kappa shape index (κ2) is 10.5. The van der Waals surface area contributed by atoms with E-state index < -0.39 is 0 Å². The van der Waals surface area contributed by atoms with Gasteiger partial charge in [-0.1, -0.05) is 31.5 Å². The Balaban J connectivity index is 1.63. The minimum absolute atomic E-state index is 0.0296. The van der Waals surface area contributed by atoms with Gasteiger partial charge in [-0.3, -0.25) is 4.79 Å². The van der Waals surface area contributed by atoms with E-state index in [1.807, 2.05) is 30.3 Å². The molecule has 1 N–H and O–H groups in total. The average molecular weight is 332 g/mol. The van der Waals surface area contributed by atoms with E-state index in [9.17, 15) is 4.79 Å². The fourth-order valence-electron chi connectivity index (χ4n) is 3.48. The maximum Gasteiger partial charge on any atom is 0.251 e. The Morgan fingerprint density at radius 2 is 1.96 bits per heavy atom. The van der Waals surface area contributed by atoms with E-state index in [0.717, 1.165) is 51.0 Å². The lowest BCUT2D eigenvalue weighted by Crippen LogP contribution is -2.43. The molecule has 1 atom stereocenters. The largest absolute Gasteiger partial charge is 0.381 e. The fourth-order valence-corrected chi connectivity index (χ4v) is 3.48. The first-order valence-corrected chi connectivity index (χ1v) is 9.35. The van der Waals surface area contributed by atoms with Gasteiger partial charge in [0.2, 0.25) is 0 Å². The van der Waals surface area contributed by atoms with Crippen molar-refractivity contribution in [1.82, 2.24) is 10.2 Å². The summed E-state index contributed by atoms with van der Waals surface area (Å²) in [5, 5.41) is 3.01. The molecule has 0 bridgehead atoms. The van der Waals surface area contributed by atoms with Crippen molar-refractivity contribution < 1.29 is 9.53 Å². The molecule has 4 heteroatoms. The first kappa shape index (κ1) is 18.9. The van der Waals surface area contributed by atoms with Crippen molar-refractivity contribution in [2.45, 2.75) is 57.5 Å². The molecule has 0 aliphatic carbocycles. The molecule has 0 saturated carbocycles. The summed E-state index contributed by atoms with van der Waals surface area (Å²) in [6.45, 7) is 4.83. The van der Waals surface area contributed by atoms with Crippen LogP contribution in [0.4, 0.5) is 0 Å². The quantitative estimate of drug-likeness (QED) is 0.704. The molecule has 0 unspecified atom stereocenters. The minimum Gasteiger partial charge on any atom is -0.381 e. The molecule has 1 fully saturated rings. The van der Waals surface area contributed by atoms with Gasteiger partial charge in [-0.2, -0.15) is 0 Å². The summed E-state index contributed by atoms with van der Waals surface area (Å²) in [6, 6.07) is 10.7. The van der Waals surface area contributed by atoms with Crippen LogP contribution in [0.2, 0.25) is 0 Å². The van der Waals surface area contributed by atoms with E-state index in [1.165, 1.54) is 12.8 Å². The molecular formula is C20H32N2O2. The van der Waals surface area contributed by atoms with E-state index in [1.54, 1.807) is 0 Å². The van der Waals surface area contributed by atoms with Gasteiger partial charge in [0.05, 0.1) is 0 Å². The van der Waals surface area contributed by atoms with Gasteiger partial charge >= 0.3 is 0 Å². The van der Waals surface area contributed by atoms with E-state index in [-0.39, 0.29) is 5.91 Å². The van der Waals surface area contributed by atoms with Gasteiger partial charge in [-0.15, -0.1) is 0 Å². The van der Waals surface area contributed by atoms with Crippen LogP contribution in [-0.2, 0) is 4.74 Å². The van der Waals surface area contributed by atoms with Gasteiger partial charge in [0.1, 0.15) is 0 Å². The van der Waals surface area contributed by atoms with E-state index in [4.69, 9.17) is 4.74 Å². The number of hydrogen-bond acceptors (Lipinski definition) is 3. The second-order valence-corrected chi connectivity index (χ2v) is 6.69. The van der Waals surface area contributed by atoms with Crippen LogP contribution in [-0.4, -0.2) is 49.7 Å². The third-order valence-corrected chi connectivity index (χ3v) is 5.10. The van der Waals surface area contributed by atoms with Gasteiger partial charge in [0, 0.05) is 37.4 Å². The van der Waals surface area contributed by atoms with E-state index >= 15 is 0 Å². The zero-order valence-electron chi connectivity index (χ0n) is 15.2. The molecule has 24 heavy (non-hydrogen) atoms. The van der Waals surface area contributed by atoms with Crippen LogP contribution in [0.25, 0.3) is 0 Å². The van der Waals surface area contributed by atoms with Crippen LogP contribution < -0.4 is 5.32 Å². The Bertz CT molecular complexity index is 472. The summed E-state index contributed by atoms with van der Waals surface area (Å²) in [4.78, 5) is 14.5. The third-order valence-electron chi connectivity index (χ3n) is 5.10. The number of hydrogen-bond donors (Lipinski definition) is 1. The highest BCUT2D eigenvalue weighted by Gasteiger charge is 2.23. The van der Waals surface area contributed by atoms with Gasteiger partial charge in [0.15, 0.2) is 0 Å².